The molecule has 1 saturated heterocycles. The van der Waals surface area contributed by atoms with Crippen LogP contribution in [0.5, 0.6) is 0 Å². The Hall–Kier alpha value is -0.800. The van der Waals surface area contributed by atoms with Crippen LogP contribution in [0, 0.1) is 0 Å². The average Bonchev–Trinajstić information content (AvgIpc) is 2.76. The van der Waals surface area contributed by atoms with Crippen molar-refractivity contribution in [3.8, 4) is 0 Å². The van der Waals surface area contributed by atoms with E-state index in [0.717, 1.165) is 25.8 Å². The van der Waals surface area contributed by atoms with Crippen molar-refractivity contribution in [2.75, 3.05) is 6.54 Å². The van der Waals surface area contributed by atoms with Crippen molar-refractivity contribution in [1.29, 1.82) is 0 Å². The lowest BCUT2D eigenvalue weighted by Gasteiger charge is -2.23. The maximum Gasteiger partial charge on any atom is 0.257 e. The first kappa shape index (κ1) is 12.7. The topological polar surface area (TPSA) is 33.2 Å². The number of hydrogen-bond donors (Lipinski definition) is 0. The third-order valence-electron chi connectivity index (χ3n) is 3.15. The van der Waals surface area contributed by atoms with Crippen LogP contribution >= 0.6 is 23.2 Å². The van der Waals surface area contributed by atoms with E-state index in [4.69, 9.17) is 23.2 Å². The number of likely N-dealkylation sites (tertiary alicyclic amines) is 1. The van der Waals surface area contributed by atoms with E-state index in [1.807, 2.05) is 4.90 Å². The Morgan fingerprint density at radius 3 is 2.94 bits per heavy atom. The van der Waals surface area contributed by atoms with E-state index in [1.165, 1.54) is 0 Å². The van der Waals surface area contributed by atoms with Crippen LogP contribution in [0.1, 0.15) is 36.5 Å². The van der Waals surface area contributed by atoms with Gasteiger partial charge < -0.3 is 4.90 Å². The molecule has 1 aromatic rings. The highest BCUT2D eigenvalue weighted by Gasteiger charge is 2.29. The van der Waals surface area contributed by atoms with Gasteiger partial charge in [-0.15, -0.1) is 0 Å². The zero-order valence-corrected chi connectivity index (χ0v) is 11.1. The molecule has 1 amide bonds. The number of aromatic nitrogens is 1. The van der Waals surface area contributed by atoms with Crippen molar-refractivity contribution >= 4 is 29.1 Å². The summed E-state index contributed by atoms with van der Waals surface area (Å²) < 4.78 is 0. The number of pyridine rings is 1. The van der Waals surface area contributed by atoms with Crippen LogP contribution in [-0.2, 0) is 0 Å². The SMILES string of the molecule is CCC1CCCN1C(=O)c1ccc(Cl)nc1Cl. The van der Waals surface area contributed by atoms with E-state index in [2.05, 4.69) is 11.9 Å². The second kappa shape index (κ2) is 5.23. The van der Waals surface area contributed by atoms with Gasteiger partial charge in [0, 0.05) is 12.6 Å². The van der Waals surface area contributed by atoms with Gasteiger partial charge in [-0.2, -0.15) is 0 Å². The molecule has 1 fully saturated rings. The molecule has 5 heteroatoms. The van der Waals surface area contributed by atoms with Crippen LogP contribution < -0.4 is 0 Å². The second-order valence-corrected chi connectivity index (χ2v) is 4.92. The van der Waals surface area contributed by atoms with Crippen LogP contribution in [0.3, 0.4) is 0 Å². The van der Waals surface area contributed by atoms with Gasteiger partial charge in [0.1, 0.15) is 10.3 Å². The molecule has 2 rings (SSSR count). The van der Waals surface area contributed by atoms with E-state index in [-0.39, 0.29) is 11.1 Å². The smallest absolute Gasteiger partial charge is 0.257 e. The van der Waals surface area contributed by atoms with Crippen LogP contribution in [-0.4, -0.2) is 28.4 Å². The summed E-state index contributed by atoms with van der Waals surface area (Å²) in [6.07, 6.45) is 3.11. The standard InChI is InChI=1S/C12H14Cl2N2O/c1-2-8-4-3-7-16(8)12(17)9-5-6-10(13)15-11(9)14/h5-6,8H,2-4,7H2,1H3. The average molecular weight is 273 g/mol. The Balaban J connectivity index is 2.24. The molecule has 0 radical (unpaired) electrons. The first-order valence-corrected chi connectivity index (χ1v) is 6.52. The monoisotopic (exact) mass is 272 g/mol. The molecule has 0 N–H and O–H groups in total. The third-order valence-corrected chi connectivity index (χ3v) is 3.65. The Bertz CT molecular complexity index is 437. The molecular formula is C12H14Cl2N2O. The summed E-state index contributed by atoms with van der Waals surface area (Å²) in [4.78, 5) is 18.1. The normalized spacial score (nSPS) is 19.7. The lowest BCUT2D eigenvalue weighted by atomic mass is 10.1. The molecule has 0 bridgehead atoms. The molecule has 1 unspecified atom stereocenters. The van der Waals surface area contributed by atoms with E-state index in [0.29, 0.717) is 16.8 Å². The van der Waals surface area contributed by atoms with E-state index in [1.54, 1.807) is 12.1 Å². The Morgan fingerprint density at radius 1 is 1.53 bits per heavy atom. The molecule has 17 heavy (non-hydrogen) atoms. The zero-order chi connectivity index (χ0) is 12.4. The van der Waals surface area contributed by atoms with Gasteiger partial charge in [-0.25, -0.2) is 4.98 Å². The number of nitrogens with zero attached hydrogens (tertiary/aromatic N) is 2. The Kier molecular flexibility index (Phi) is 3.89. The summed E-state index contributed by atoms with van der Waals surface area (Å²) in [7, 11) is 0. The maximum atomic E-state index is 12.3. The van der Waals surface area contributed by atoms with Crippen molar-refractivity contribution in [2.24, 2.45) is 0 Å². The van der Waals surface area contributed by atoms with Crippen LogP contribution in [0.4, 0.5) is 0 Å². The van der Waals surface area contributed by atoms with E-state index in [9.17, 15) is 4.79 Å². The first-order valence-electron chi connectivity index (χ1n) is 5.76. The summed E-state index contributed by atoms with van der Waals surface area (Å²) >= 11 is 11.7. The van der Waals surface area contributed by atoms with Gasteiger partial charge >= 0.3 is 0 Å². The van der Waals surface area contributed by atoms with Crippen LogP contribution in [0.15, 0.2) is 12.1 Å². The highest BCUT2D eigenvalue weighted by atomic mass is 35.5. The lowest BCUT2D eigenvalue weighted by Crippen LogP contribution is -2.35. The minimum Gasteiger partial charge on any atom is -0.336 e. The van der Waals surface area contributed by atoms with Gasteiger partial charge in [0.05, 0.1) is 5.56 Å². The molecule has 1 aliphatic heterocycles. The number of hydrogen-bond acceptors (Lipinski definition) is 2. The van der Waals surface area contributed by atoms with Gasteiger partial charge in [0.15, 0.2) is 0 Å². The summed E-state index contributed by atoms with van der Waals surface area (Å²) in [6.45, 7) is 2.90. The summed E-state index contributed by atoms with van der Waals surface area (Å²) in [5.74, 6) is -0.0384. The largest absolute Gasteiger partial charge is 0.336 e. The van der Waals surface area contributed by atoms with Gasteiger partial charge in [0.2, 0.25) is 0 Å². The number of carbonyl (C=O) groups is 1. The first-order chi connectivity index (χ1) is 8.13. The predicted octanol–water partition coefficient (Wildman–Crippen LogP) is 3.40. The minimum absolute atomic E-state index is 0.0384. The van der Waals surface area contributed by atoms with Crippen LogP contribution in [0.25, 0.3) is 0 Å². The molecule has 92 valence electrons. The van der Waals surface area contributed by atoms with Gasteiger partial charge in [-0.3, -0.25) is 4.79 Å². The second-order valence-electron chi connectivity index (χ2n) is 4.18. The molecular weight excluding hydrogens is 259 g/mol. The lowest BCUT2D eigenvalue weighted by molar-refractivity contribution is 0.0733. The molecule has 0 spiro atoms. The van der Waals surface area contributed by atoms with E-state index >= 15 is 0 Å². The Morgan fingerprint density at radius 2 is 2.29 bits per heavy atom. The number of halogens is 2. The summed E-state index contributed by atoms with van der Waals surface area (Å²) in [5.41, 5.74) is 0.441. The molecule has 2 heterocycles. The van der Waals surface area contributed by atoms with Crippen molar-refractivity contribution in [3.63, 3.8) is 0 Å². The fourth-order valence-corrected chi connectivity index (χ4v) is 2.68. The van der Waals surface area contributed by atoms with Crippen LogP contribution in [0.2, 0.25) is 10.3 Å². The summed E-state index contributed by atoms with van der Waals surface area (Å²) in [6, 6.07) is 3.57. The van der Waals surface area contributed by atoms with Crippen molar-refractivity contribution in [2.45, 2.75) is 32.2 Å². The van der Waals surface area contributed by atoms with Crippen molar-refractivity contribution < 1.29 is 4.79 Å². The molecule has 0 saturated carbocycles. The Labute approximate surface area is 111 Å². The van der Waals surface area contributed by atoms with Crippen molar-refractivity contribution in [3.05, 3.63) is 28.0 Å². The molecule has 1 atom stereocenters. The maximum absolute atomic E-state index is 12.3. The van der Waals surface area contributed by atoms with E-state index < -0.39 is 0 Å². The number of carbonyl (C=O) groups excluding carboxylic acids is 1. The molecule has 0 aliphatic carbocycles. The molecule has 1 aliphatic rings. The summed E-state index contributed by atoms with van der Waals surface area (Å²) in [5, 5.41) is 0.490. The molecule has 3 nitrogen and oxygen atoms in total. The highest BCUT2D eigenvalue weighted by molar-refractivity contribution is 6.34. The predicted molar refractivity (Wildman–Crippen MR) is 68.6 cm³/mol. The van der Waals surface area contributed by atoms with Gasteiger partial charge in [-0.05, 0) is 31.4 Å². The zero-order valence-electron chi connectivity index (χ0n) is 9.62. The minimum atomic E-state index is -0.0384. The fourth-order valence-electron chi connectivity index (χ4n) is 2.25. The fraction of sp³-hybridized carbons (Fsp3) is 0.500. The van der Waals surface area contributed by atoms with Gasteiger partial charge in [-0.1, -0.05) is 30.1 Å². The quantitative estimate of drug-likeness (QED) is 0.774. The molecule has 0 aromatic carbocycles. The number of rotatable bonds is 2. The number of amides is 1. The third kappa shape index (κ3) is 2.55. The highest BCUT2D eigenvalue weighted by Crippen LogP contribution is 2.25. The van der Waals surface area contributed by atoms with Crippen molar-refractivity contribution in [1.82, 2.24) is 9.88 Å². The van der Waals surface area contributed by atoms with Gasteiger partial charge in [0.25, 0.3) is 5.91 Å². The molecule has 1 aromatic heterocycles.